The van der Waals surface area contributed by atoms with E-state index in [4.69, 9.17) is 9.47 Å². The Kier molecular flexibility index (Phi) is 5.90. The lowest BCUT2D eigenvalue weighted by molar-refractivity contribution is 0.199. The van der Waals surface area contributed by atoms with Crippen LogP contribution in [0.5, 0.6) is 5.75 Å². The van der Waals surface area contributed by atoms with Crippen LogP contribution in [0, 0.1) is 6.92 Å². The van der Waals surface area contributed by atoms with Crippen molar-refractivity contribution in [3.05, 3.63) is 29.3 Å². The largest absolute Gasteiger partial charge is 0.496 e. The first-order valence-electron chi connectivity index (χ1n) is 5.61. The SMILES string of the molecule is COCCNCCc1ccc(OC)c(C)c1. The van der Waals surface area contributed by atoms with Gasteiger partial charge in [0.1, 0.15) is 5.75 Å². The van der Waals surface area contributed by atoms with Crippen molar-refractivity contribution in [2.45, 2.75) is 13.3 Å². The summed E-state index contributed by atoms with van der Waals surface area (Å²) in [5.74, 6) is 0.955. The van der Waals surface area contributed by atoms with Gasteiger partial charge in [-0.2, -0.15) is 0 Å². The molecular weight excluding hydrogens is 202 g/mol. The molecule has 90 valence electrons. The van der Waals surface area contributed by atoms with Crippen LogP contribution in [0.25, 0.3) is 0 Å². The molecule has 0 aliphatic rings. The van der Waals surface area contributed by atoms with E-state index in [1.165, 1.54) is 11.1 Å². The number of rotatable bonds is 7. The Morgan fingerprint density at radius 2 is 2.00 bits per heavy atom. The van der Waals surface area contributed by atoms with E-state index in [0.717, 1.165) is 31.9 Å². The molecule has 0 heterocycles. The highest BCUT2D eigenvalue weighted by Crippen LogP contribution is 2.18. The molecule has 3 heteroatoms. The molecule has 16 heavy (non-hydrogen) atoms. The van der Waals surface area contributed by atoms with E-state index in [2.05, 4.69) is 24.4 Å². The number of benzene rings is 1. The molecule has 0 aromatic heterocycles. The van der Waals surface area contributed by atoms with Gasteiger partial charge in [-0.3, -0.25) is 0 Å². The highest BCUT2D eigenvalue weighted by atomic mass is 16.5. The van der Waals surface area contributed by atoms with E-state index in [0.29, 0.717) is 0 Å². The molecule has 1 aromatic rings. The van der Waals surface area contributed by atoms with Crippen LogP contribution in [-0.4, -0.2) is 33.9 Å². The summed E-state index contributed by atoms with van der Waals surface area (Å²) >= 11 is 0. The van der Waals surface area contributed by atoms with Crippen molar-refractivity contribution in [1.82, 2.24) is 5.32 Å². The van der Waals surface area contributed by atoms with E-state index in [9.17, 15) is 0 Å². The normalized spacial score (nSPS) is 10.4. The van der Waals surface area contributed by atoms with E-state index < -0.39 is 0 Å². The van der Waals surface area contributed by atoms with Gasteiger partial charge in [0.05, 0.1) is 13.7 Å². The number of aryl methyl sites for hydroxylation is 1. The number of methoxy groups -OCH3 is 2. The van der Waals surface area contributed by atoms with Crippen LogP contribution in [0.1, 0.15) is 11.1 Å². The van der Waals surface area contributed by atoms with Crippen molar-refractivity contribution < 1.29 is 9.47 Å². The Balaban J connectivity index is 2.34. The first kappa shape index (κ1) is 13.0. The van der Waals surface area contributed by atoms with E-state index in [-0.39, 0.29) is 0 Å². The first-order chi connectivity index (χ1) is 7.77. The fraction of sp³-hybridized carbons (Fsp3) is 0.538. The Labute approximate surface area is 97.8 Å². The minimum absolute atomic E-state index is 0.766. The van der Waals surface area contributed by atoms with E-state index in [1.807, 2.05) is 6.07 Å². The molecule has 0 radical (unpaired) electrons. The third kappa shape index (κ3) is 4.21. The summed E-state index contributed by atoms with van der Waals surface area (Å²) in [5, 5.41) is 3.33. The fourth-order valence-electron chi connectivity index (χ4n) is 1.63. The molecule has 0 saturated heterocycles. The summed E-state index contributed by atoms with van der Waals surface area (Å²) in [6.07, 6.45) is 1.04. The van der Waals surface area contributed by atoms with Crippen LogP contribution in [0.2, 0.25) is 0 Å². The van der Waals surface area contributed by atoms with Crippen molar-refractivity contribution in [2.75, 3.05) is 33.9 Å². The average molecular weight is 223 g/mol. The molecule has 1 N–H and O–H groups in total. The monoisotopic (exact) mass is 223 g/mol. The quantitative estimate of drug-likeness (QED) is 0.715. The lowest BCUT2D eigenvalue weighted by Crippen LogP contribution is -2.21. The molecule has 0 atom stereocenters. The topological polar surface area (TPSA) is 30.5 Å². The Hall–Kier alpha value is -1.06. The number of nitrogens with one attached hydrogen (secondary N) is 1. The molecular formula is C13H21NO2. The maximum absolute atomic E-state index is 5.23. The zero-order chi connectivity index (χ0) is 11.8. The third-order valence-electron chi connectivity index (χ3n) is 2.53. The number of hydrogen-bond donors (Lipinski definition) is 1. The third-order valence-corrected chi connectivity index (χ3v) is 2.53. The molecule has 0 saturated carbocycles. The van der Waals surface area contributed by atoms with Crippen molar-refractivity contribution in [1.29, 1.82) is 0 Å². The molecule has 0 fully saturated rings. The van der Waals surface area contributed by atoms with Crippen molar-refractivity contribution in [3.63, 3.8) is 0 Å². The zero-order valence-corrected chi connectivity index (χ0v) is 10.4. The van der Waals surface area contributed by atoms with Gasteiger partial charge >= 0.3 is 0 Å². The number of ether oxygens (including phenoxy) is 2. The maximum atomic E-state index is 5.23. The molecule has 0 aliphatic carbocycles. The number of hydrogen-bond acceptors (Lipinski definition) is 3. The van der Waals surface area contributed by atoms with Crippen molar-refractivity contribution in [2.24, 2.45) is 0 Å². The molecule has 1 rings (SSSR count). The van der Waals surface area contributed by atoms with Crippen LogP contribution < -0.4 is 10.1 Å². The minimum Gasteiger partial charge on any atom is -0.496 e. The molecule has 0 unspecified atom stereocenters. The lowest BCUT2D eigenvalue weighted by atomic mass is 10.1. The van der Waals surface area contributed by atoms with Gasteiger partial charge in [0, 0.05) is 13.7 Å². The van der Waals surface area contributed by atoms with Crippen LogP contribution in [-0.2, 0) is 11.2 Å². The first-order valence-corrected chi connectivity index (χ1v) is 5.61. The van der Waals surface area contributed by atoms with Crippen LogP contribution in [0.15, 0.2) is 18.2 Å². The molecule has 0 spiro atoms. The van der Waals surface area contributed by atoms with E-state index >= 15 is 0 Å². The molecule has 1 aromatic carbocycles. The van der Waals surface area contributed by atoms with Gasteiger partial charge in [-0.1, -0.05) is 12.1 Å². The van der Waals surface area contributed by atoms with Gasteiger partial charge in [0.15, 0.2) is 0 Å². The van der Waals surface area contributed by atoms with Gasteiger partial charge in [-0.05, 0) is 37.1 Å². The second-order valence-electron chi connectivity index (χ2n) is 3.80. The van der Waals surface area contributed by atoms with Crippen LogP contribution in [0.4, 0.5) is 0 Å². The zero-order valence-electron chi connectivity index (χ0n) is 10.4. The second kappa shape index (κ2) is 7.25. The van der Waals surface area contributed by atoms with Crippen molar-refractivity contribution in [3.8, 4) is 5.75 Å². The minimum atomic E-state index is 0.766. The summed E-state index contributed by atoms with van der Waals surface area (Å²) in [4.78, 5) is 0. The Morgan fingerprint density at radius 3 is 2.62 bits per heavy atom. The predicted octanol–water partition coefficient (Wildman–Crippen LogP) is 1.78. The van der Waals surface area contributed by atoms with Gasteiger partial charge in [-0.15, -0.1) is 0 Å². The second-order valence-corrected chi connectivity index (χ2v) is 3.80. The molecule has 3 nitrogen and oxygen atoms in total. The average Bonchev–Trinajstić information content (AvgIpc) is 2.29. The standard InChI is InChI=1S/C13H21NO2/c1-11-10-12(4-5-13(11)16-3)6-7-14-8-9-15-2/h4-5,10,14H,6-9H2,1-3H3. The van der Waals surface area contributed by atoms with Gasteiger partial charge in [0.25, 0.3) is 0 Å². The predicted molar refractivity (Wildman–Crippen MR) is 66.2 cm³/mol. The highest BCUT2D eigenvalue weighted by Gasteiger charge is 1.99. The maximum Gasteiger partial charge on any atom is 0.121 e. The van der Waals surface area contributed by atoms with Crippen molar-refractivity contribution >= 4 is 0 Å². The molecule has 0 aliphatic heterocycles. The van der Waals surface area contributed by atoms with E-state index in [1.54, 1.807) is 14.2 Å². The fourth-order valence-corrected chi connectivity index (χ4v) is 1.63. The van der Waals surface area contributed by atoms with Crippen LogP contribution >= 0.6 is 0 Å². The summed E-state index contributed by atoms with van der Waals surface area (Å²) in [5.41, 5.74) is 2.53. The molecule has 0 bridgehead atoms. The summed E-state index contributed by atoms with van der Waals surface area (Å²) in [7, 11) is 3.42. The Bertz CT molecular complexity index is 313. The van der Waals surface area contributed by atoms with Gasteiger partial charge in [-0.25, -0.2) is 0 Å². The summed E-state index contributed by atoms with van der Waals surface area (Å²) in [6.45, 7) is 4.73. The highest BCUT2D eigenvalue weighted by molar-refractivity contribution is 5.36. The summed E-state index contributed by atoms with van der Waals surface area (Å²) < 4.78 is 10.2. The smallest absolute Gasteiger partial charge is 0.121 e. The Morgan fingerprint density at radius 1 is 1.19 bits per heavy atom. The van der Waals surface area contributed by atoms with Gasteiger partial charge < -0.3 is 14.8 Å². The van der Waals surface area contributed by atoms with Gasteiger partial charge in [0.2, 0.25) is 0 Å². The summed E-state index contributed by atoms with van der Waals surface area (Å²) in [6, 6.07) is 6.32. The lowest BCUT2D eigenvalue weighted by Gasteiger charge is -2.08. The van der Waals surface area contributed by atoms with Crippen LogP contribution in [0.3, 0.4) is 0 Å². The molecule has 0 amide bonds.